The summed E-state index contributed by atoms with van der Waals surface area (Å²) in [5.74, 6) is 0.883. The third-order valence-corrected chi connectivity index (χ3v) is 40.8. The van der Waals surface area contributed by atoms with Gasteiger partial charge in [0.05, 0.1) is 6.16 Å². The minimum atomic E-state index is -1.74. The Morgan fingerprint density at radius 1 is 0.376 bits per heavy atom. The van der Waals surface area contributed by atoms with E-state index in [1.807, 2.05) is 0 Å². The second-order valence-corrected chi connectivity index (χ2v) is 53.1. The van der Waals surface area contributed by atoms with E-state index in [-0.39, 0.29) is 22.0 Å². The van der Waals surface area contributed by atoms with Crippen LogP contribution in [-0.2, 0) is 13.3 Å². The molecule has 0 aromatic heterocycles. The summed E-state index contributed by atoms with van der Waals surface area (Å²) in [6.45, 7) is 47.3. The zero-order chi connectivity index (χ0) is 75.3. The molecule has 0 heterocycles. The van der Waals surface area contributed by atoms with Crippen LogP contribution in [0.1, 0.15) is 334 Å². The minimum Gasteiger partial charge on any atom is -0.417 e. The summed E-state index contributed by atoms with van der Waals surface area (Å²) in [6, 6.07) is 33.4. The van der Waals surface area contributed by atoms with Crippen molar-refractivity contribution in [1.29, 1.82) is 0 Å². The van der Waals surface area contributed by atoms with Crippen LogP contribution < -0.4 is 15.9 Å². The Bertz CT molecular complexity index is 2120. The molecule has 0 saturated heterocycles. The van der Waals surface area contributed by atoms with Crippen LogP contribution in [0.25, 0.3) is 0 Å². The molecule has 0 aliphatic carbocycles. The first kappa shape index (κ1) is 105. The Kier molecular flexibility index (Phi) is 68.1. The molecule has 0 radical (unpaired) electrons. The Hall–Kier alpha value is -0.279. The van der Waals surface area contributed by atoms with Gasteiger partial charge < -0.3 is 23.5 Å². The standard InChI is InChI=1S/C28H58OSi.C27H36OPSi.C22H46O.C9H21BrOSi.C3H7BrO.BrH/c1-8-10-12-14-16-18-20-23-27(24-21-19-17-15-13-11-9-2)25-22-26-29-30(6,7)28(3,4)5;1-27(2,3)30(4,5)28-22-15-23-29(24-16-9-6-10-17-24,25-18-11-7-12-19-25)26-20-13-8-14-21-26;1-3-5-7-9-11-13-15-18-22(20-17-21-23)19-16-14-12-10-8-6-4-2;1-9(2,3)12(4,5)11-8-6-7-10;4-2-1-3-5;/h25H,8-24,26H2,1-7H3;6-14,16-21H,15,22-23H2,1-5H3;22-23H,3-21H2,1-2H3;6-8H2,1-5H3;5H,1-3H2;1H/q;+1;;;;. The molecule has 0 amide bonds. The lowest BCUT2D eigenvalue weighted by molar-refractivity contribution is 0.261. The first-order valence-electron chi connectivity index (χ1n) is 41.6. The maximum Gasteiger partial charge on any atom is 0.191 e. The van der Waals surface area contributed by atoms with E-state index in [0.717, 1.165) is 74.7 Å². The number of allylic oxidation sites excluding steroid dienone is 1. The van der Waals surface area contributed by atoms with E-state index in [1.54, 1.807) is 5.57 Å². The molecule has 0 spiro atoms. The van der Waals surface area contributed by atoms with Crippen molar-refractivity contribution in [2.75, 3.05) is 49.9 Å². The van der Waals surface area contributed by atoms with E-state index in [0.29, 0.717) is 23.3 Å². The maximum absolute atomic E-state index is 9.10. The molecular weight excluding hydrogens is 1500 g/mol. The van der Waals surface area contributed by atoms with Gasteiger partial charge in [-0.15, -0.1) is 17.0 Å². The van der Waals surface area contributed by atoms with Crippen LogP contribution in [-0.4, -0.2) is 85.0 Å². The van der Waals surface area contributed by atoms with Gasteiger partial charge in [-0.25, -0.2) is 0 Å². The second-order valence-electron chi connectivity index (χ2n) is 33.5. The molecule has 2 N–H and O–H groups in total. The fourth-order valence-electron chi connectivity index (χ4n) is 11.7. The molecule has 3 aromatic rings. The summed E-state index contributed by atoms with van der Waals surface area (Å²) in [5, 5.41) is 24.4. The zero-order valence-corrected chi connectivity index (χ0v) is 78.9. The second kappa shape index (κ2) is 65.6. The van der Waals surface area contributed by atoms with Gasteiger partial charge in [-0.2, -0.15) is 0 Å². The van der Waals surface area contributed by atoms with Crippen molar-refractivity contribution < 1.29 is 23.5 Å². The number of unbranched alkanes of at least 4 members (excludes halogenated alkanes) is 24. The Balaban J connectivity index is -0.00000128. The van der Waals surface area contributed by atoms with Crippen molar-refractivity contribution in [2.45, 2.75) is 388 Å². The largest absolute Gasteiger partial charge is 0.417 e. The molecular formula is C89H169Br3O5PSi3+. The summed E-state index contributed by atoms with van der Waals surface area (Å²) in [6.07, 6.45) is 55.1. The van der Waals surface area contributed by atoms with E-state index in [1.165, 1.54) is 228 Å². The van der Waals surface area contributed by atoms with Gasteiger partial charge >= 0.3 is 0 Å². The number of aliphatic hydroxyl groups is 2. The molecule has 0 aliphatic rings. The third kappa shape index (κ3) is 53.3. The first-order valence-corrected chi connectivity index (χ1v) is 54.5. The van der Waals surface area contributed by atoms with E-state index < -0.39 is 32.2 Å². The van der Waals surface area contributed by atoms with Crippen LogP contribution in [0.4, 0.5) is 0 Å². The number of aliphatic hydroxyl groups excluding tert-OH is 2. The van der Waals surface area contributed by atoms with Crippen LogP contribution in [0.3, 0.4) is 0 Å². The number of halogens is 3. The van der Waals surface area contributed by atoms with E-state index in [9.17, 15) is 0 Å². The molecule has 0 unspecified atom stereocenters. The normalized spacial score (nSPS) is 12.1. The molecule has 0 bridgehead atoms. The maximum atomic E-state index is 9.10. The van der Waals surface area contributed by atoms with Gasteiger partial charge in [-0.3, -0.25) is 0 Å². The van der Waals surface area contributed by atoms with Crippen LogP contribution in [0.5, 0.6) is 0 Å². The summed E-state index contributed by atoms with van der Waals surface area (Å²) < 4.78 is 18.9. The van der Waals surface area contributed by atoms with Crippen molar-refractivity contribution in [3.63, 3.8) is 0 Å². The fourth-order valence-corrected chi connectivity index (χ4v) is 19.8. The van der Waals surface area contributed by atoms with Crippen LogP contribution in [0, 0.1) is 5.92 Å². The zero-order valence-electron chi connectivity index (χ0n) is 70.1. The molecule has 3 rings (SSSR count). The number of benzene rings is 3. The SMILES string of the molecule is Br.CC(C)(C)[Si](C)(C)OCCCBr.CC(C)(C)[Si](C)(C)OCCC[P+](c1ccccc1)(c1ccccc1)c1ccccc1.CCCCCCCCCC(=CCCO[Si](C)(C)C(C)(C)C)CCCCCCCCC.CCCCCCCCCC(CCCO)CCCCCCCCC.OCCCBr. The highest BCUT2D eigenvalue weighted by atomic mass is 79.9. The molecule has 101 heavy (non-hydrogen) atoms. The van der Waals surface area contributed by atoms with Crippen molar-refractivity contribution in [1.82, 2.24) is 0 Å². The van der Waals surface area contributed by atoms with Crippen LogP contribution >= 0.6 is 56.1 Å². The summed E-state index contributed by atoms with van der Waals surface area (Å²) in [4.78, 5) is 0. The lowest BCUT2D eigenvalue weighted by Gasteiger charge is -2.36. The summed E-state index contributed by atoms with van der Waals surface area (Å²) in [5.41, 5.74) is 1.72. The molecule has 5 nitrogen and oxygen atoms in total. The average molecular weight is 1670 g/mol. The van der Waals surface area contributed by atoms with E-state index in [4.69, 9.17) is 23.5 Å². The van der Waals surface area contributed by atoms with Crippen LogP contribution in [0.2, 0.25) is 54.4 Å². The smallest absolute Gasteiger partial charge is 0.191 e. The van der Waals surface area contributed by atoms with Crippen LogP contribution in [0.15, 0.2) is 103 Å². The Morgan fingerprint density at radius 3 is 0.941 bits per heavy atom. The highest BCUT2D eigenvalue weighted by Crippen LogP contribution is 2.56. The molecule has 0 fully saturated rings. The number of hydrogen-bond donors (Lipinski definition) is 2. The quantitative estimate of drug-likeness (QED) is 0.0194. The van der Waals surface area contributed by atoms with Crippen molar-refractivity contribution >= 4 is 97.0 Å². The van der Waals surface area contributed by atoms with E-state index in [2.05, 4.69) is 258 Å². The Labute approximate surface area is 662 Å². The topological polar surface area (TPSA) is 68.2 Å². The Morgan fingerprint density at radius 2 is 0.653 bits per heavy atom. The van der Waals surface area contributed by atoms with Crippen molar-refractivity contribution in [2.24, 2.45) is 5.92 Å². The molecule has 0 saturated carbocycles. The number of hydrogen-bond acceptors (Lipinski definition) is 5. The summed E-state index contributed by atoms with van der Waals surface area (Å²) >= 11 is 6.55. The number of alkyl halides is 2. The predicted molar refractivity (Wildman–Crippen MR) is 481 cm³/mol. The van der Waals surface area contributed by atoms with Gasteiger partial charge in [0, 0.05) is 50.1 Å². The van der Waals surface area contributed by atoms with Gasteiger partial charge in [0.1, 0.15) is 23.2 Å². The third-order valence-electron chi connectivity index (χ3n) is 21.6. The fraction of sp³-hybridized carbons (Fsp3) is 0.775. The highest BCUT2D eigenvalue weighted by Gasteiger charge is 2.45. The van der Waals surface area contributed by atoms with Gasteiger partial charge in [0.25, 0.3) is 0 Å². The van der Waals surface area contributed by atoms with Crippen molar-refractivity contribution in [3.05, 3.63) is 103 Å². The monoisotopic (exact) mass is 1670 g/mol. The van der Waals surface area contributed by atoms with Crippen molar-refractivity contribution in [3.8, 4) is 0 Å². The summed E-state index contributed by atoms with van der Waals surface area (Å²) in [7, 11) is -6.53. The average Bonchev–Trinajstić information content (AvgIpc) is 0.759. The highest BCUT2D eigenvalue weighted by molar-refractivity contribution is 9.09. The molecule has 592 valence electrons. The lowest BCUT2D eigenvalue weighted by atomic mass is 9.90. The van der Waals surface area contributed by atoms with Gasteiger partial charge in [0.2, 0.25) is 0 Å². The molecule has 0 aliphatic heterocycles. The van der Waals surface area contributed by atoms with Gasteiger partial charge in [-0.05, 0) is 155 Å². The minimum absolute atomic E-state index is 0. The van der Waals surface area contributed by atoms with Gasteiger partial charge in [0.15, 0.2) is 25.0 Å². The predicted octanol–water partition coefficient (Wildman–Crippen LogP) is 29.8. The first-order chi connectivity index (χ1) is 47.6. The lowest BCUT2D eigenvalue weighted by Crippen LogP contribution is -2.41. The molecule has 12 heteroatoms. The molecule has 0 atom stereocenters. The molecule has 3 aromatic carbocycles. The van der Waals surface area contributed by atoms with E-state index >= 15 is 0 Å². The van der Waals surface area contributed by atoms with Gasteiger partial charge in [-0.1, -0.05) is 368 Å². The number of rotatable bonds is 53.